The van der Waals surface area contributed by atoms with Crippen LogP contribution in [0.2, 0.25) is 0 Å². The summed E-state index contributed by atoms with van der Waals surface area (Å²) in [6, 6.07) is 3.62. The molecule has 0 radical (unpaired) electrons. The minimum absolute atomic E-state index is 0.0579. The Morgan fingerprint density at radius 3 is 2.78 bits per heavy atom. The molecule has 1 N–H and O–H groups in total. The average molecular weight is 379 g/mol. The first-order valence-corrected chi connectivity index (χ1v) is 10.1. The van der Waals surface area contributed by atoms with E-state index in [1.165, 1.54) is 0 Å². The normalized spacial score (nSPS) is 22.4. The maximum atomic E-state index is 13.1. The summed E-state index contributed by atoms with van der Waals surface area (Å²) in [6.07, 6.45) is 4.61. The molecule has 1 saturated carbocycles. The highest BCUT2D eigenvalue weighted by molar-refractivity contribution is 5.97. The number of nitrogens with one attached hydrogen (secondary N) is 1. The van der Waals surface area contributed by atoms with Gasteiger partial charge in [-0.25, -0.2) is 4.98 Å². The van der Waals surface area contributed by atoms with E-state index in [1.54, 1.807) is 6.07 Å². The van der Waals surface area contributed by atoms with Crippen molar-refractivity contribution in [2.75, 3.05) is 31.7 Å². The van der Waals surface area contributed by atoms with Crippen LogP contribution in [-0.4, -0.2) is 42.9 Å². The molecule has 6 nitrogen and oxygen atoms in total. The van der Waals surface area contributed by atoms with Crippen molar-refractivity contribution in [3.05, 3.63) is 17.8 Å². The summed E-state index contributed by atoms with van der Waals surface area (Å²) in [5.41, 5.74) is 0.703. The van der Waals surface area contributed by atoms with Crippen molar-refractivity contribution in [2.45, 2.75) is 65.4 Å². The zero-order valence-electron chi connectivity index (χ0n) is 17.2. The maximum absolute atomic E-state index is 13.1. The van der Waals surface area contributed by atoms with Crippen LogP contribution in [0.5, 0.6) is 5.88 Å². The first-order chi connectivity index (χ1) is 13.0. The Morgan fingerprint density at radius 2 is 2.11 bits per heavy atom. The van der Waals surface area contributed by atoms with Crippen LogP contribution in [0, 0.1) is 12.8 Å². The van der Waals surface area contributed by atoms with Crippen molar-refractivity contribution in [1.29, 1.82) is 0 Å². The van der Waals surface area contributed by atoms with Gasteiger partial charge in [-0.1, -0.05) is 20.3 Å². The molecular formula is C21H34N2O4. The van der Waals surface area contributed by atoms with Gasteiger partial charge in [0.1, 0.15) is 12.2 Å². The van der Waals surface area contributed by atoms with Gasteiger partial charge < -0.3 is 19.5 Å². The Bertz CT molecular complexity index is 608. The molecule has 2 atom stereocenters. The molecule has 1 aliphatic carbocycles. The van der Waals surface area contributed by atoms with Gasteiger partial charge in [-0.2, -0.15) is 0 Å². The van der Waals surface area contributed by atoms with Crippen LogP contribution in [0.3, 0.4) is 0 Å². The minimum Gasteiger partial charge on any atom is -0.475 e. The Hall–Kier alpha value is -1.66. The molecule has 6 heteroatoms. The van der Waals surface area contributed by atoms with Crippen molar-refractivity contribution < 1.29 is 19.0 Å². The van der Waals surface area contributed by atoms with Crippen LogP contribution in [0.1, 0.15) is 58.6 Å². The van der Waals surface area contributed by atoms with E-state index in [-0.39, 0.29) is 5.91 Å². The number of aromatic nitrogens is 1. The standard InChI is InChI=1S/C21H34N2O4/c1-5-12-27-21(11-7-8-16(3)15-21)20(24)23-18-9-10-19(22-17(18)4)26-14-13-25-6-2/h9-10,16H,5-8,11-15H2,1-4H3,(H,23,24)/t16-,21+/m0/s1. The molecule has 0 spiro atoms. The van der Waals surface area contributed by atoms with Crippen LogP contribution in [-0.2, 0) is 14.3 Å². The Balaban J connectivity index is 2.03. The van der Waals surface area contributed by atoms with E-state index in [1.807, 2.05) is 19.9 Å². The van der Waals surface area contributed by atoms with Gasteiger partial charge in [-0.05, 0) is 51.5 Å². The SMILES string of the molecule is CCCO[C@]1(C(=O)Nc2ccc(OCCOCC)nc2C)CCC[C@H](C)C1. The quantitative estimate of drug-likeness (QED) is 0.620. The molecule has 1 aromatic heterocycles. The fourth-order valence-corrected chi connectivity index (χ4v) is 3.54. The zero-order valence-corrected chi connectivity index (χ0v) is 17.2. The Morgan fingerprint density at radius 1 is 1.30 bits per heavy atom. The number of ether oxygens (including phenoxy) is 3. The van der Waals surface area contributed by atoms with Crippen molar-refractivity contribution in [2.24, 2.45) is 5.92 Å². The lowest BCUT2D eigenvalue weighted by Gasteiger charge is -2.38. The largest absolute Gasteiger partial charge is 0.475 e. The van der Waals surface area contributed by atoms with E-state index in [0.717, 1.165) is 37.8 Å². The van der Waals surface area contributed by atoms with E-state index in [4.69, 9.17) is 14.2 Å². The third-order valence-electron chi connectivity index (χ3n) is 4.94. The molecule has 1 amide bonds. The predicted molar refractivity (Wildman–Crippen MR) is 106 cm³/mol. The molecule has 2 rings (SSSR count). The Labute approximate surface area is 163 Å². The Kier molecular flexibility index (Phi) is 8.51. The number of carbonyl (C=O) groups excluding carboxylic acids is 1. The smallest absolute Gasteiger partial charge is 0.256 e. The monoisotopic (exact) mass is 378 g/mol. The van der Waals surface area contributed by atoms with Gasteiger partial charge in [-0.3, -0.25) is 4.79 Å². The second-order valence-electron chi connectivity index (χ2n) is 7.33. The summed E-state index contributed by atoms with van der Waals surface area (Å²) >= 11 is 0. The van der Waals surface area contributed by atoms with Gasteiger partial charge in [0.25, 0.3) is 5.91 Å². The van der Waals surface area contributed by atoms with E-state index < -0.39 is 5.60 Å². The number of nitrogens with zero attached hydrogens (tertiary/aromatic N) is 1. The molecule has 27 heavy (non-hydrogen) atoms. The second kappa shape index (κ2) is 10.6. The lowest BCUT2D eigenvalue weighted by molar-refractivity contribution is -0.148. The number of rotatable bonds is 10. The number of hydrogen-bond acceptors (Lipinski definition) is 5. The van der Waals surface area contributed by atoms with E-state index in [0.29, 0.717) is 43.9 Å². The van der Waals surface area contributed by atoms with Crippen molar-refractivity contribution in [3.8, 4) is 5.88 Å². The van der Waals surface area contributed by atoms with E-state index >= 15 is 0 Å². The molecule has 0 bridgehead atoms. The average Bonchev–Trinajstić information content (AvgIpc) is 2.65. The summed E-state index contributed by atoms with van der Waals surface area (Å²) in [7, 11) is 0. The third kappa shape index (κ3) is 6.18. The topological polar surface area (TPSA) is 69.7 Å². The number of anilines is 1. The fraction of sp³-hybridized carbons (Fsp3) is 0.714. The van der Waals surface area contributed by atoms with E-state index in [2.05, 4.69) is 24.1 Å². The first kappa shape index (κ1) is 21.6. The molecule has 1 aliphatic rings. The minimum atomic E-state index is -0.729. The van der Waals surface area contributed by atoms with Crippen LogP contribution in [0.4, 0.5) is 5.69 Å². The fourth-order valence-electron chi connectivity index (χ4n) is 3.54. The lowest BCUT2D eigenvalue weighted by atomic mass is 9.78. The summed E-state index contributed by atoms with van der Waals surface area (Å²) < 4.78 is 16.9. The molecule has 0 unspecified atom stereocenters. The van der Waals surface area contributed by atoms with Crippen LogP contribution >= 0.6 is 0 Å². The molecule has 1 fully saturated rings. The van der Waals surface area contributed by atoms with Crippen molar-refractivity contribution in [3.63, 3.8) is 0 Å². The molecule has 1 heterocycles. The number of pyridine rings is 1. The van der Waals surface area contributed by atoms with Crippen molar-refractivity contribution >= 4 is 11.6 Å². The molecule has 1 aromatic rings. The predicted octanol–water partition coefficient (Wildman–Crippen LogP) is 4.12. The van der Waals surface area contributed by atoms with Gasteiger partial charge in [-0.15, -0.1) is 0 Å². The van der Waals surface area contributed by atoms with Gasteiger partial charge in [0.15, 0.2) is 0 Å². The second-order valence-corrected chi connectivity index (χ2v) is 7.33. The highest BCUT2D eigenvalue weighted by Gasteiger charge is 2.42. The lowest BCUT2D eigenvalue weighted by Crippen LogP contribution is -2.49. The summed E-state index contributed by atoms with van der Waals surface area (Å²) in [4.78, 5) is 17.5. The summed E-state index contributed by atoms with van der Waals surface area (Å²) in [5, 5.41) is 3.05. The van der Waals surface area contributed by atoms with Crippen LogP contribution < -0.4 is 10.1 Å². The van der Waals surface area contributed by atoms with Crippen LogP contribution in [0.25, 0.3) is 0 Å². The first-order valence-electron chi connectivity index (χ1n) is 10.1. The molecule has 0 saturated heterocycles. The summed E-state index contributed by atoms with van der Waals surface area (Å²) in [6.45, 7) is 10.3. The summed E-state index contributed by atoms with van der Waals surface area (Å²) in [5.74, 6) is 0.965. The number of carbonyl (C=O) groups is 1. The van der Waals surface area contributed by atoms with Crippen molar-refractivity contribution in [1.82, 2.24) is 4.98 Å². The van der Waals surface area contributed by atoms with Gasteiger partial charge in [0, 0.05) is 19.3 Å². The number of amides is 1. The molecule has 0 aromatic carbocycles. The number of hydrogen-bond donors (Lipinski definition) is 1. The molecular weight excluding hydrogens is 344 g/mol. The zero-order chi connectivity index (χ0) is 19.7. The molecule has 152 valence electrons. The third-order valence-corrected chi connectivity index (χ3v) is 4.94. The molecule has 0 aliphatic heterocycles. The highest BCUT2D eigenvalue weighted by atomic mass is 16.5. The van der Waals surface area contributed by atoms with Crippen LogP contribution in [0.15, 0.2) is 12.1 Å². The maximum Gasteiger partial charge on any atom is 0.256 e. The van der Waals surface area contributed by atoms with Gasteiger partial charge in [0.2, 0.25) is 5.88 Å². The highest BCUT2D eigenvalue weighted by Crippen LogP contribution is 2.36. The van der Waals surface area contributed by atoms with E-state index in [9.17, 15) is 4.79 Å². The van der Waals surface area contributed by atoms with Gasteiger partial charge >= 0.3 is 0 Å². The van der Waals surface area contributed by atoms with Gasteiger partial charge in [0.05, 0.1) is 18.0 Å². The number of aryl methyl sites for hydroxylation is 1.